The van der Waals surface area contributed by atoms with Crippen molar-refractivity contribution in [1.82, 2.24) is 29.5 Å². The Labute approximate surface area is 170 Å². The summed E-state index contributed by atoms with van der Waals surface area (Å²) in [7, 11) is 0. The number of piperidine rings is 1. The first kappa shape index (κ1) is 18.8. The second-order valence-electron chi connectivity index (χ2n) is 8.28. The molecule has 5 rings (SSSR count). The third kappa shape index (κ3) is 3.57. The molecule has 1 fully saturated rings. The van der Waals surface area contributed by atoms with Gasteiger partial charge in [-0.2, -0.15) is 0 Å². The van der Waals surface area contributed by atoms with Crippen molar-refractivity contribution in [3.63, 3.8) is 0 Å². The minimum absolute atomic E-state index is 0.166. The summed E-state index contributed by atoms with van der Waals surface area (Å²) in [5.74, 6) is 2.64. The number of hydrogen-bond donors (Lipinski definition) is 1. The van der Waals surface area contributed by atoms with Gasteiger partial charge in [0.05, 0.1) is 5.52 Å². The average molecular weight is 397 g/mol. The van der Waals surface area contributed by atoms with Gasteiger partial charge in [-0.05, 0) is 56.6 Å². The molecule has 6 nitrogen and oxygen atoms in total. The molecule has 0 atom stereocenters. The lowest BCUT2D eigenvalue weighted by Gasteiger charge is -2.31. The number of fused-ring (bicyclic) bond motifs is 2. The number of aromatic nitrogens is 4. The lowest BCUT2D eigenvalue weighted by Crippen LogP contribution is -2.33. The molecule has 0 unspecified atom stereocenters. The molecule has 7 heteroatoms. The SMILES string of the molecule is CCn1cc(CN2CCC(c3nnc4n3CCNCC4)CC2)c2ccc(F)cc21. The van der Waals surface area contributed by atoms with Gasteiger partial charge in [-0.15, -0.1) is 10.2 Å². The van der Waals surface area contributed by atoms with Crippen LogP contribution in [-0.4, -0.2) is 50.4 Å². The lowest BCUT2D eigenvalue weighted by atomic mass is 9.95. The zero-order chi connectivity index (χ0) is 19.8. The van der Waals surface area contributed by atoms with Crippen LogP contribution in [-0.2, 0) is 26.1 Å². The van der Waals surface area contributed by atoms with E-state index in [-0.39, 0.29) is 5.82 Å². The van der Waals surface area contributed by atoms with Crippen molar-refractivity contribution in [1.29, 1.82) is 0 Å². The Morgan fingerprint density at radius 1 is 1.14 bits per heavy atom. The van der Waals surface area contributed by atoms with Crippen LogP contribution in [0, 0.1) is 5.82 Å². The van der Waals surface area contributed by atoms with Gasteiger partial charge in [-0.3, -0.25) is 4.90 Å². The molecule has 0 radical (unpaired) electrons. The van der Waals surface area contributed by atoms with Crippen LogP contribution in [0.25, 0.3) is 10.9 Å². The highest BCUT2D eigenvalue weighted by atomic mass is 19.1. The maximum atomic E-state index is 13.7. The fourth-order valence-corrected chi connectivity index (χ4v) is 4.91. The first-order valence-corrected chi connectivity index (χ1v) is 10.8. The van der Waals surface area contributed by atoms with Gasteiger partial charge < -0.3 is 14.5 Å². The quantitative estimate of drug-likeness (QED) is 0.737. The second kappa shape index (κ2) is 7.88. The Balaban J connectivity index is 1.29. The van der Waals surface area contributed by atoms with Crippen molar-refractivity contribution in [2.45, 2.75) is 51.7 Å². The maximum absolute atomic E-state index is 13.7. The fourth-order valence-electron chi connectivity index (χ4n) is 4.91. The van der Waals surface area contributed by atoms with Crippen LogP contribution in [0.4, 0.5) is 4.39 Å². The van der Waals surface area contributed by atoms with Gasteiger partial charge in [0, 0.05) is 56.6 Å². The molecule has 1 aromatic carbocycles. The maximum Gasteiger partial charge on any atom is 0.136 e. The first-order valence-electron chi connectivity index (χ1n) is 10.8. The Bertz CT molecular complexity index is 998. The van der Waals surface area contributed by atoms with Gasteiger partial charge in [0.15, 0.2) is 0 Å². The number of rotatable bonds is 4. The Kier molecular flexibility index (Phi) is 5.09. The topological polar surface area (TPSA) is 50.9 Å². The molecule has 1 saturated heterocycles. The first-order chi connectivity index (χ1) is 14.2. The summed E-state index contributed by atoms with van der Waals surface area (Å²) in [6.07, 6.45) is 5.40. The van der Waals surface area contributed by atoms with E-state index in [9.17, 15) is 4.39 Å². The molecule has 0 bridgehead atoms. The summed E-state index contributed by atoms with van der Waals surface area (Å²) in [5.41, 5.74) is 2.29. The van der Waals surface area contributed by atoms with Gasteiger partial charge in [0.25, 0.3) is 0 Å². The zero-order valence-corrected chi connectivity index (χ0v) is 17.1. The van der Waals surface area contributed by atoms with Gasteiger partial charge in [0.1, 0.15) is 17.5 Å². The minimum Gasteiger partial charge on any atom is -0.347 e. The highest BCUT2D eigenvalue weighted by Crippen LogP contribution is 2.30. The largest absolute Gasteiger partial charge is 0.347 e. The standard InChI is InChI=1S/C22H29FN6/c1-2-28-15-17(19-4-3-18(23)13-20(19)28)14-27-10-6-16(7-11-27)22-26-25-21-5-8-24-9-12-29(21)22/h3-4,13,15-16,24H,2,5-12,14H2,1H3. The van der Waals surface area contributed by atoms with Crippen LogP contribution in [0.2, 0.25) is 0 Å². The molecule has 2 aliphatic heterocycles. The summed E-state index contributed by atoms with van der Waals surface area (Å²) >= 11 is 0. The van der Waals surface area contributed by atoms with Gasteiger partial charge >= 0.3 is 0 Å². The molecule has 154 valence electrons. The van der Waals surface area contributed by atoms with E-state index in [0.717, 1.165) is 76.4 Å². The van der Waals surface area contributed by atoms with Crippen molar-refractivity contribution >= 4 is 10.9 Å². The molecule has 0 amide bonds. The number of benzene rings is 1. The van der Waals surface area contributed by atoms with Gasteiger partial charge in [0.2, 0.25) is 0 Å². The summed E-state index contributed by atoms with van der Waals surface area (Å²) in [6.45, 7) is 8.97. The number of hydrogen-bond acceptors (Lipinski definition) is 4. The Morgan fingerprint density at radius 2 is 2.00 bits per heavy atom. The van der Waals surface area contributed by atoms with E-state index in [1.165, 1.54) is 16.8 Å². The van der Waals surface area contributed by atoms with E-state index in [4.69, 9.17) is 0 Å². The van der Waals surface area contributed by atoms with Gasteiger partial charge in [-0.1, -0.05) is 0 Å². The molecule has 3 aromatic rings. The van der Waals surface area contributed by atoms with E-state index in [1.54, 1.807) is 12.1 Å². The highest BCUT2D eigenvalue weighted by Gasteiger charge is 2.27. The molecule has 0 aliphatic carbocycles. The van der Waals surface area contributed by atoms with Crippen LogP contribution >= 0.6 is 0 Å². The highest BCUT2D eigenvalue weighted by molar-refractivity contribution is 5.84. The molecule has 2 aliphatic rings. The molecule has 0 saturated carbocycles. The van der Waals surface area contributed by atoms with E-state index in [1.807, 2.05) is 6.07 Å². The molecule has 4 heterocycles. The number of halogens is 1. The summed E-state index contributed by atoms with van der Waals surface area (Å²) in [4.78, 5) is 2.52. The normalized spacial score (nSPS) is 18.8. The number of nitrogens with one attached hydrogen (secondary N) is 1. The van der Waals surface area contributed by atoms with E-state index in [2.05, 4.69) is 42.7 Å². The van der Waals surface area contributed by atoms with Crippen LogP contribution in [0.1, 0.15) is 42.9 Å². The Hall–Kier alpha value is -2.25. The molecule has 1 N–H and O–H groups in total. The van der Waals surface area contributed by atoms with Crippen molar-refractivity contribution < 1.29 is 4.39 Å². The van der Waals surface area contributed by atoms with E-state index < -0.39 is 0 Å². The molecular weight excluding hydrogens is 367 g/mol. The second-order valence-corrected chi connectivity index (χ2v) is 8.28. The van der Waals surface area contributed by atoms with Crippen LogP contribution in [0.5, 0.6) is 0 Å². The van der Waals surface area contributed by atoms with E-state index >= 15 is 0 Å². The van der Waals surface area contributed by atoms with Crippen LogP contribution < -0.4 is 5.32 Å². The number of likely N-dealkylation sites (tertiary alicyclic amines) is 1. The summed E-state index contributed by atoms with van der Waals surface area (Å²) in [6, 6.07) is 5.16. The summed E-state index contributed by atoms with van der Waals surface area (Å²) < 4.78 is 18.2. The average Bonchev–Trinajstić information content (AvgIpc) is 3.20. The minimum atomic E-state index is -0.166. The monoisotopic (exact) mass is 396 g/mol. The van der Waals surface area contributed by atoms with Gasteiger partial charge in [-0.25, -0.2) is 4.39 Å². The molecule has 0 spiro atoms. The van der Waals surface area contributed by atoms with Crippen molar-refractivity contribution in [2.75, 3.05) is 26.2 Å². The Morgan fingerprint density at radius 3 is 2.83 bits per heavy atom. The fraction of sp³-hybridized carbons (Fsp3) is 0.545. The number of aryl methyl sites for hydroxylation is 1. The molecule has 29 heavy (non-hydrogen) atoms. The van der Waals surface area contributed by atoms with Crippen molar-refractivity contribution in [3.05, 3.63) is 47.4 Å². The third-order valence-electron chi connectivity index (χ3n) is 6.51. The van der Waals surface area contributed by atoms with Crippen molar-refractivity contribution in [3.8, 4) is 0 Å². The number of nitrogens with zero attached hydrogens (tertiary/aromatic N) is 5. The predicted molar refractivity (Wildman–Crippen MR) is 111 cm³/mol. The summed E-state index contributed by atoms with van der Waals surface area (Å²) in [5, 5.41) is 13.6. The van der Waals surface area contributed by atoms with Crippen molar-refractivity contribution in [2.24, 2.45) is 0 Å². The molecular formula is C22H29FN6. The third-order valence-corrected chi connectivity index (χ3v) is 6.51. The predicted octanol–water partition coefficient (Wildman–Crippen LogP) is 2.92. The van der Waals surface area contributed by atoms with Crippen LogP contribution in [0.15, 0.2) is 24.4 Å². The zero-order valence-electron chi connectivity index (χ0n) is 17.1. The van der Waals surface area contributed by atoms with E-state index in [0.29, 0.717) is 5.92 Å². The smallest absolute Gasteiger partial charge is 0.136 e. The molecule has 2 aromatic heterocycles. The lowest BCUT2D eigenvalue weighted by molar-refractivity contribution is 0.200. The van der Waals surface area contributed by atoms with Crippen LogP contribution in [0.3, 0.4) is 0 Å².